The second kappa shape index (κ2) is 10.8. The van der Waals surface area contributed by atoms with E-state index in [9.17, 15) is 14.4 Å². The van der Waals surface area contributed by atoms with E-state index in [1.165, 1.54) is 0 Å². The highest BCUT2D eigenvalue weighted by molar-refractivity contribution is 5.86. The molecule has 1 aliphatic heterocycles. The Labute approximate surface area is 142 Å². The van der Waals surface area contributed by atoms with Crippen LogP contribution < -0.4 is 0 Å². The molecule has 0 amide bonds. The Balaban J connectivity index is 2.32. The lowest BCUT2D eigenvalue weighted by molar-refractivity contribution is -0.151. The van der Waals surface area contributed by atoms with E-state index in [4.69, 9.17) is 19.3 Å². The highest BCUT2D eigenvalue weighted by Crippen LogP contribution is 2.18. The highest BCUT2D eigenvalue weighted by atomic mass is 16.6. The van der Waals surface area contributed by atoms with Gasteiger partial charge in [-0.1, -0.05) is 19.4 Å². The number of epoxide rings is 1. The number of ether oxygens (including phenoxy) is 3. The van der Waals surface area contributed by atoms with Crippen LogP contribution in [0.4, 0.5) is 0 Å². The molecule has 1 aliphatic rings. The summed E-state index contributed by atoms with van der Waals surface area (Å²) in [5, 5.41) is 8.61. The van der Waals surface area contributed by atoms with Crippen molar-refractivity contribution in [3.05, 3.63) is 12.2 Å². The standard InChI is InChI=1S/C17H26O7/c1-12(2)16(20)22-9-8-13(6-4-3-5-7-15(18)19)17(21)24-11-14-10-23-14/h13-14H,1,3-11H2,2H3,(H,18,19). The number of carbonyl (C=O) groups excluding carboxylic acids is 2. The quantitative estimate of drug-likeness (QED) is 0.237. The van der Waals surface area contributed by atoms with E-state index in [-0.39, 0.29) is 37.6 Å². The van der Waals surface area contributed by atoms with Gasteiger partial charge in [0.1, 0.15) is 12.7 Å². The molecule has 24 heavy (non-hydrogen) atoms. The number of esters is 2. The van der Waals surface area contributed by atoms with E-state index < -0.39 is 11.9 Å². The monoisotopic (exact) mass is 342 g/mol. The van der Waals surface area contributed by atoms with Crippen LogP contribution in [0, 0.1) is 5.92 Å². The molecule has 7 heteroatoms. The van der Waals surface area contributed by atoms with Crippen molar-refractivity contribution >= 4 is 17.9 Å². The van der Waals surface area contributed by atoms with E-state index in [1.807, 2.05) is 0 Å². The lowest BCUT2D eigenvalue weighted by Crippen LogP contribution is -2.22. The third-order valence-corrected chi connectivity index (χ3v) is 3.64. The van der Waals surface area contributed by atoms with Crippen LogP contribution in [0.15, 0.2) is 12.2 Å². The van der Waals surface area contributed by atoms with Crippen molar-refractivity contribution in [3.8, 4) is 0 Å². The first-order valence-corrected chi connectivity index (χ1v) is 8.22. The summed E-state index contributed by atoms with van der Waals surface area (Å²) >= 11 is 0. The molecule has 1 rings (SSSR count). The first-order chi connectivity index (χ1) is 11.4. The summed E-state index contributed by atoms with van der Waals surface area (Å²) in [4.78, 5) is 34.0. The summed E-state index contributed by atoms with van der Waals surface area (Å²) in [6, 6.07) is 0. The van der Waals surface area contributed by atoms with E-state index in [0.29, 0.717) is 31.4 Å². The van der Waals surface area contributed by atoms with Crippen molar-refractivity contribution in [2.75, 3.05) is 19.8 Å². The first kappa shape index (κ1) is 20.2. The Hall–Kier alpha value is -1.89. The molecule has 0 aliphatic carbocycles. The van der Waals surface area contributed by atoms with E-state index in [2.05, 4.69) is 6.58 Å². The number of carboxylic acids is 1. The Kier molecular flexibility index (Phi) is 9.07. The fourth-order valence-corrected chi connectivity index (χ4v) is 2.10. The van der Waals surface area contributed by atoms with Crippen molar-refractivity contribution in [2.45, 2.75) is 51.6 Å². The second-order valence-corrected chi connectivity index (χ2v) is 5.98. The zero-order valence-electron chi connectivity index (χ0n) is 14.1. The number of hydrogen-bond acceptors (Lipinski definition) is 6. The zero-order chi connectivity index (χ0) is 17.9. The molecule has 2 unspecified atom stereocenters. The number of rotatable bonds is 13. The predicted octanol–water partition coefficient (Wildman–Crippen LogP) is 2.09. The highest BCUT2D eigenvalue weighted by Gasteiger charge is 2.27. The van der Waals surface area contributed by atoms with Crippen LogP contribution in [-0.2, 0) is 28.6 Å². The van der Waals surface area contributed by atoms with Crippen LogP contribution in [0.1, 0.15) is 45.4 Å². The normalized spacial score (nSPS) is 17.0. The molecule has 1 N–H and O–H groups in total. The minimum absolute atomic E-state index is 0.00593. The van der Waals surface area contributed by atoms with Gasteiger partial charge in [0, 0.05) is 12.0 Å². The van der Waals surface area contributed by atoms with Crippen molar-refractivity contribution < 1.29 is 33.7 Å². The summed E-state index contributed by atoms with van der Waals surface area (Å²) in [6.07, 6.45) is 3.12. The van der Waals surface area contributed by atoms with Gasteiger partial charge >= 0.3 is 17.9 Å². The number of carboxylic acid groups (broad SMARTS) is 1. The number of hydrogen-bond donors (Lipinski definition) is 1. The van der Waals surface area contributed by atoms with Gasteiger partial charge in [0.05, 0.1) is 19.1 Å². The van der Waals surface area contributed by atoms with Crippen LogP contribution in [0.3, 0.4) is 0 Å². The smallest absolute Gasteiger partial charge is 0.333 e. The average molecular weight is 342 g/mol. The molecule has 1 fully saturated rings. The molecular formula is C17H26O7. The minimum Gasteiger partial charge on any atom is -0.481 e. The lowest BCUT2D eigenvalue weighted by Gasteiger charge is -2.16. The molecule has 0 radical (unpaired) electrons. The molecule has 0 saturated carbocycles. The first-order valence-electron chi connectivity index (χ1n) is 8.22. The molecule has 0 bridgehead atoms. The van der Waals surface area contributed by atoms with Crippen molar-refractivity contribution in [2.24, 2.45) is 5.92 Å². The van der Waals surface area contributed by atoms with Gasteiger partial charge in [0.15, 0.2) is 0 Å². The maximum Gasteiger partial charge on any atom is 0.333 e. The number of carbonyl (C=O) groups is 3. The van der Waals surface area contributed by atoms with Gasteiger partial charge in [-0.2, -0.15) is 0 Å². The largest absolute Gasteiger partial charge is 0.481 e. The van der Waals surface area contributed by atoms with Crippen molar-refractivity contribution in [1.29, 1.82) is 0 Å². The lowest BCUT2D eigenvalue weighted by atomic mass is 9.98. The third kappa shape index (κ3) is 9.29. The molecular weight excluding hydrogens is 316 g/mol. The Morgan fingerprint density at radius 3 is 2.50 bits per heavy atom. The van der Waals surface area contributed by atoms with Gasteiger partial charge in [-0.05, 0) is 26.2 Å². The van der Waals surface area contributed by atoms with Crippen LogP contribution in [0.5, 0.6) is 0 Å². The Morgan fingerprint density at radius 2 is 1.92 bits per heavy atom. The fraction of sp³-hybridized carbons (Fsp3) is 0.706. The third-order valence-electron chi connectivity index (χ3n) is 3.64. The van der Waals surface area contributed by atoms with E-state index >= 15 is 0 Å². The summed E-state index contributed by atoms with van der Waals surface area (Å²) in [5.41, 5.74) is 0.314. The molecule has 7 nitrogen and oxygen atoms in total. The van der Waals surface area contributed by atoms with Gasteiger partial charge < -0.3 is 19.3 Å². The van der Waals surface area contributed by atoms with Gasteiger partial charge in [0.2, 0.25) is 0 Å². The summed E-state index contributed by atoms with van der Waals surface area (Å²) in [7, 11) is 0. The molecule has 0 spiro atoms. The molecule has 1 saturated heterocycles. The summed E-state index contributed by atoms with van der Waals surface area (Å²) in [6.45, 7) is 6.05. The number of unbranched alkanes of at least 4 members (excludes halogenated alkanes) is 2. The minimum atomic E-state index is -0.817. The van der Waals surface area contributed by atoms with Crippen LogP contribution in [-0.4, -0.2) is 48.9 Å². The second-order valence-electron chi connectivity index (χ2n) is 5.98. The SMILES string of the molecule is C=C(C)C(=O)OCCC(CCCCCC(=O)O)C(=O)OCC1CO1. The number of aliphatic carboxylic acids is 1. The topological polar surface area (TPSA) is 102 Å². The maximum absolute atomic E-state index is 12.1. The molecule has 0 aromatic rings. The van der Waals surface area contributed by atoms with Crippen LogP contribution in [0.25, 0.3) is 0 Å². The maximum atomic E-state index is 12.1. The summed E-state index contributed by atoms with van der Waals surface area (Å²) < 4.78 is 15.2. The van der Waals surface area contributed by atoms with Gasteiger partial charge in [0.25, 0.3) is 0 Å². The Bertz CT molecular complexity index is 454. The molecule has 0 aromatic heterocycles. The van der Waals surface area contributed by atoms with Gasteiger partial charge in [-0.25, -0.2) is 4.79 Å². The zero-order valence-corrected chi connectivity index (χ0v) is 14.1. The van der Waals surface area contributed by atoms with E-state index in [1.54, 1.807) is 6.92 Å². The summed E-state index contributed by atoms with van der Waals surface area (Å²) in [5.74, 6) is -1.99. The molecule has 136 valence electrons. The van der Waals surface area contributed by atoms with Gasteiger partial charge in [-0.15, -0.1) is 0 Å². The van der Waals surface area contributed by atoms with Crippen LogP contribution in [0.2, 0.25) is 0 Å². The molecule has 0 aromatic carbocycles. The fourth-order valence-electron chi connectivity index (χ4n) is 2.10. The molecule has 2 atom stereocenters. The van der Waals surface area contributed by atoms with Crippen molar-refractivity contribution in [1.82, 2.24) is 0 Å². The average Bonchev–Trinajstić information content (AvgIpc) is 3.34. The van der Waals surface area contributed by atoms with E-state index in [0.717, 1.165) is 12.8 Å². The van der Waals surface area contributed by atoms with Crippen molar-refractivity contribution in [3.63, 3.8) is 0 Å². The van der Waals surface area contributed by atoms with Gasteiger partial charge in [-0.3, -0.25) is 9.59 Å². The molecule has 1 heterocycles. The Morgan fingerprint density at radius 1 is 1.21 bits per heavy atom. The predicted molar refractivity (Wildman–Crippen MR) is 85.3 cm³/mol. The van der Waals surface area contributed by atoms with Crippen LogP contribution >= 0.6 is 0 Å².